The van der Waals surface area contributed by atoms with Crippen LogP contribution < -0.4 is 11.1 Å². The molecule has 0 spiro atoms. The van der Waals surface area contributed by atoms with Gasteiger partial charge in [0.05, 0.1) is 32.8 Å². The van der Waals surface area contributed by atoms with Crippen LogP contribution in [0.2, 0.25) is 5.02 Å². The average molecular weight is 319 g/mol. The second kappa shape index (κ2) is 6.07. The van der Waals surface area contributed by atoms with E-state index >= 15 is 0 Å². The van der Waals surface area contributed by atoms with Gasteiger partial charge in [0.2, 0.25) is 0 Å². The van der Waals surface area contributed by atoms with Crippen molar-refractivity contribution < 1.29 is 0 Å². The van der Waals surface area contributed by atoms with E-state index in [-0.39, 0.29) is 6.17 Å². The number of para-hydroxylation sites is 1. The zero-order valence-corrected chi connectivity index (χ0v) is 13.1. The van der Waals surface area contributed by atoms with Gasteiger partial charge in [-0.3, -0.25) is 10.3 Å². The van der Waals surface area contributed by atoms with Crippen molar-refractivity contribution in [1.29, 1.82) is 0 Å². The molecule has 0 aliphatic rings. The van der Waals surface area contributed by atoms with Crippen LogP contribution in [-0.2, 0) is 0 Å². The van der Waals surface area contributed by atoms with Gasteiger partial charge in [0, 0.05) is 17.1 Å². The first-order valence-electron chi connectivity index (χ1n) is 6.67. The molecule has 0 bridgehead atoms. The third-order valence-electron chi connectivity index (χ3n) is 3.25. The average Bonchev–Trinajstić information content (AvgIpc) is 3.01. The summed E-state index contributed by atoms with van der Waals surface area (Å²) in [7, 11) is 0. The lowest BCUT2D eigenvalue weighted by atomic mass is 10.1. The zero-order valence-electron chi connectivity index (χ0n) is 11.5. The molecule has 0 amide bonds. The number of hydrogen-bond donors (Lipinski definition) is 2. The number of thiazole rings is 1. The van der Waals surface area contributed by atoms with E-state index in [1.807, 2.05) is 25.1 Å². The van der Waals surface area contributed by atoms with Gasteiger partial charge in [-0.2, -0.15) is 0 Å². The van der Waals surface area contributed by atoms with Crippen LogP contribution in [0.4, 0.5) is 0 Å². The highest BCUT2D eigenvalue weighted by Gasteiger charge is 2.16. The number of rotatable bonds is 4. The Balaban J connectivity index is 2.25. The molecule has 0 saturated carbocycles. The molecule has 108 valence electrons. The SMILES string of the molecule is CCN[C@@H](N)c1cc2cccc(Cl)c2nc1-c1cncs1. The minimum absolute atomic E-state index is 0.275. The molecule has 6 heteroatoms. The summed E-state index contributed by atoms with van der Waals surface area (Å²) in [5, 5.41) is 4.86. The molecule has 4 nitrogen and oxygen atoms in total. The monoisotopic (exact) mass is 318 g/mol. The second-order valence-corrected chi connectivity index (χ2v) is 5.93. The third kappa shape index (κ3) is 2.78. The molecule has 0 aliphatic carbocycles. The molecule has 3 N–H and O–H groups in total. The number of fused-ring (bicyclic) bond motifs is 1. The fourth-order valence-electron chi connectivity index (χ4n) is 2.28. The number of nitrogens with zero attached hydrogens (tertiary/aromatic N) is 2. The standard InChI is InChI=1S/C15H15ClN4S/c1-2-19-15(17)10-6-9-4-3-5-11(16)13(9)20-14(10)12-7-18-8-21-12/h3-8,15,19H,2,17H2,1H3/t15-/m1/s1. The van der Waals surface area contributed by atoms with Gasteiger partial charge in [0.25, 0.3) is 0 Å². The Morgan fingerprint density at radius 2 is 2.29 bits per heavy atom. The van der Waals surface area contributed by atoms with Crippen LogP contribution in [0.1, 0.15) is 18.7 Å². The van der Waals surface area contributed by atoms with Crippen molar-refractivity contribution in [1.82, 2.24) is 15.3 Å². The Hall–Kier alpha value is -1.53. The van der Waals surface area contributed by atoms with Gasteiger partial charge in [0.15, 0.2) is 0 Å². The fraction of sp³-hybridized carbons (Fsp3) is 0.200. The summed E-state index contributed by atoms with van der Waals surface area (Å²) in [5.74, 6) is 0. The van der Waals surface area contributed by atoms with E-state index in [4.69, 9.17) is 22.3 Å². The third-order valence-corrected chi connectivity index (χ3v) is 4.34. The molecule has 1 aromatic carbocycles. The second-order valence-electron chi connectivity index (χ2n) is 4.64. The Bertz CT molecular complexity index is 758. The van der Waals surface area contributed by atoms with Gasteiger partial charge in [-0.25, -0.2) is 4.98 Å². The van der Waals surface area contributed by atoms with Crippen molar-refractivity contribution in [2.75, 3.05) is 6.54 Å². The first-order chi connectivity index (χ1) is 10.2. The first-order valence-corrected chi connectivity index (χ1v) is 7.93. The number of nitrogens with one attached hydrogen (secondary N) is 1. The van der Waals surface area contributed by atoms with Gasteiger partial charge in [0.1, 0.15) is 0 Å². The van der Waals surface area contributed by atoms with Gasteiger partial charge in [-0.05, 0) is 18.7 Å². The van der Waals surface area contributed by atoms with Gasteiger partial charge in [-0.15, -0.1) is 11.3 Å². The van der Waals surface area contributed by atoms with Gasteiger partial charge in [-0.1, -0.05) is 30.7 Å². The van der Waals surface area contributed by atoms with E-state index in [1.165, 1.54) is 0 Å². The minimum atomic E-state index is -0.275. The van der Waals surface area contributed by atoms with Gasteiger partial charge < -0.3 is 5.73 Å². The molecule has 3 aromatic rings. The van der Waals surface area contributed by atoms with Crippen molar-refractivity contribution in [3.63, 3.8) is 0 Å². The van der Waals surface area contributed by atoms with Crippen molar-refractivity contribution in [3.05, 3.63) is 46.6 Å². The Morgan fingerprint density at radius 1 is 1.43 bits per heavy atom. The lowest BCUT2D eigenvalue weighted by Crippen LogP contribution is -2.29. The van der Waals surface area contributed by atoms with E-state index in [0.717, 1.165) is 33.6 Å². The van der Waals surface area contributed by atoms with Crippen molar-refractivity contribution >= 4 is 33.8 Å². The topological polar surface area (TPSA) is 63.8 Å². The number of benzene rings is 1. The number of aromatic nitrogens is 2. The van der Waals surface area contributed by atoms with Crippen LogP contribution in [0, 0.1) is 0 Å². The maximum absolute atomic E-state index is 6.26. The fourth-order valence-corrected chi connectivity index (χ4v) is 3.13. The summed E-state index contributed by atoms with van der Waals surface area (Å²) < 4.78 is 0. The van der Waals surface area contributed by atoms with E-state index in [1.54, 1.807) is 23.0 Å². The lowest BCUT2D eigenvalue weighted by molar-refractivity contribution is 0.574. The number of nitrogens with two attached hydrogens (primary N) is 1. The summed E-state index contributed by atoms with van der Waals surface area (Å²) in [6.07, 6.45) is 1.53. The summed E-state index contributed by atoms with van der Waals surface area (Å²) in [5.41, 5.74) is 10.6. The highest BCUT2D eigenvalue weighted by atomic mass is 35.5. The molecule has 0 saturated heterocycles. The van der Waals surface area contributed by atoms with Crippen LogP contribution in [0.15, 0.2) is 36.0 Å². The Kier molecular flexibility index (Phi) is 4.17. The summed E-state index contributed by atoms with van der Waals surface area (Å²) in [6, 6.07) is 7.81. The molecule has 0 aliphatic heterocycles. The minimum Gasteiger partial charge on any atom is -0.312 e. The Labute approximate surface area is 132 Å². The summed E-state index contributed by atoms with van der Waals surface area (Å²) in [4.78, 5) is 9.86. The van der Waals surface area contributed by atoms with Gasteiger partial charge >= 0.3 is 0 Å². The predicted octanol–water partition coefficient (Wildman–Crippen LogP) is 3.58. The molecule has 3 rings (SSSR count). The number of hydrogen-bond acceptors (Lipinski definition) is 5. The molecule has 21 heavy (non-hydrogen) atoms. The summed E-state index contributed by atoms with van der Waals surface area (Å²) >= 11 is 7.80. The van der Waals surface area contributed by atoms with Crippen LogP contribution in [-0.4, -0.2) is 16.5 Å². The number of pyridine rings is 1. The molecule has 0 fully saturated rings. The molecular formula is C15H15ClN4S. The Morgan fingerprint density at radius 3 is 3.00 bits per heavy atom. The normalized spacial score (nSPS) is 12.7. The maximum Gasteiger partial charge on any atom is 0.0896 e. The predicted molar refractivity (Wildman–Crippen MR) is 88.5 cm³/mol. The van der Waals surface area contributed by atoms with E-state index in [2.05, 4.69) is 16.4 Å². The van der Waals surface area contributed by atoms with Crippen molar-refractivity contribution in [3.8, 4) is 10.6 Å². The molecular weight excluding hydrogens is 304 g/mol. The van der Waals surface area contributed by atoms with Crippen molar-refractivity contribution in [2.45, 2.75) is 13.1 Å². The quantitative estimate of drug-likeness (QED) is 0.722. The van der Waals surface area contributed by atoms with Crippen molar-refractivity contribution in [2.24, 2.45) is 5.73 Å². The van der Waals surface area contributed by atoms with Crippen LogP contribution >= 0.6 is 22.9 Å². The molecule has 2 heterocycles. The molecule has 2 aromatic heterocycles. The van der Waals surface area contributed by atoms with E-state index in [9.17, 15) is 0 Å². The van der Waals surface area contributed by atoms with E-state index < -0.39 is 0 Å². The lowest BCUT2D eigenvalue weighted by Gasteiger charge is -2.17. The zero-order chi connectivity index (χ0) is 14.8. The molecule has 0 radical (unpaired) electrons. The highest BCUT2D eigenvalue weighted by molar-refractivity contribution is 7.13. The largest absolute Gasteiger partial charge is 0.312 e. The van der Waals surface area contributed by atoms with E-state index in [0.29, 0.717) is 5.02 Å². The smallest absolute Gasteiger partial charge is 0.0896 e. The first kappa shape index (κ1) is 14.4. The van der Waals surface area contributed by atoms with Crippen LogP contribution in [0.25, 0.3) is 21.5 Å². The number of halogens is 1. The van der Waals surface area contributed by atoms with Crippen LogP contribution in [0.3, 0.4) is 0 Å². The van der Waals surface area contributed by atoms with Crippen LogP contribution in [0.5, 0.6) is 0 Å². The maximum atomic E-state index is 6.26. The highest BCUT2D eigenvalue weighted by Crippen LogP contribution is 2.32. The molecule has 1 atom stereocenters. The summed E-state index contributed by atoms with van der Waals surface area (Å²) in [6.45, 7) is 2.81. The molecule has 0 unspecified atom stereocenters.